The first-order valence-electron chi connectivity index (χ1n) is 7.36. The third kappa shape index (κ3) is 4.06. The molecular weight excluding hydrogens is 238 g/mol. The van der Waals surface area contributed by atoms with E-state index in [1.807, 2.05) is 6.20 Å². The summed E-state index contributed by atoms with van der Waals surface area (Å²) in [6.07, 6.45) is 6.00. The Bertz CT molecular complexity index is 374. The Morgan fingerprint density at radius 3 is 2.58 bits per heavy atom. The minimum Gasteiger partial charge on any atom is -0.369 e. The third-order valence-electron chi connectivity index (χ3n) is 3.41. The predicted octanol–water partition coefficient (Wildman–Crippen LogP) is 1.83. The van der Waals surface area contributed by atoms with Crippen molar-refractivity contribution in [3.8, 4) is 0 Å². The van der Waals surface area contributed by atoms with Crippen LogP contribution in [0.15, 0.2) is 12.4 Å². The number of hydrogen-bond donors (Lipinski definition) is 1. The standard InChI is InChI=1S/C14H25N5/c1-3-5-16-13-11-15-12-14(17-13)19-9-7-18(6-4-2)8-10-19/h11-12H,3-10H2,1-2H3,(H,16,17). The minimum absolute atomic E-state index is 0.885. The van der Waals surface area contributed by atoms with E-state index in [1.165, 1.54) is 13.0 Å². The van der Waals surface area contributed by atoms with Gasteiger partial charge >= 0.3 is 0 Å². The van der Waals surface area contributed by atoms with Gasteiger partial charge in [0.1, 0.15) is 11.6 Å². The van der Waals surface area contributed by atoms with Crippen LogP contribution in [0, 0.1) is 0 Å². The van der Waals surface area contributed by atoms with Gasteiger partial charge in [-0.15, -0.1) is 0 Å². The smallest absolute Gasteiger partial charge is 0.149 e. The minimum atomic E-state index is 0.885. The van der Waals surface area contributed by atoms with E-state index in [4.69, 9.17) is 0 Å². The van der Waals surface area contributed by atoms with Gasteiger partial charge in [0, 0.05) is 32.7 Å². The quantitative estimate of drug-likeness (QED) is 0.848. The average molecular weight is 263 g/mol. The molecule has 1 aliphatic rings. The number of anilines is 2. The SMILES string of the molecule is CCCNc1cncc(N2CCN(CCC)CC2)n1. The van der Waals surface area contributed by atoms with E-state index in [9.17, 15) is 0 Å². The van der Waals surface area contributed by atoms with Crippen molar-refractivity contribution in [1.29, 1.82) is 0 Å². The van der Waals surface area contributed by atoms with Gasteiger partial charge in [0.2, 0.25) is 0 Å². The average Bonchev–Trinajstić information content (AvgIpc) is 2.46. The summed E-state index contributed by atoms with van der Waals surface area (Å²) in [6.45, 7) is 10.9. The zero-order chi connectivity index (χ0) is 13.5. The first kappa shape index (κ1) is 14.1. The summed E-state index contributed by atoms with van der Waals surface area (Å²) < 4.78 is 0. The lowest BCUT2D eigenvalue weighted by atomic mass is 10.3. The maximum Gasteiger partial charge on any atom is 0.149 e. The van der Waals surface area contributed by atoms with Gasteiger partial charge in [-0.1, -0.05) is 13.8 Å². The van der Waals surface area contributed by atoms with Gasteiger partial charge < -0.3 is 10.2 Å². The molecule has 5 heteroatoms. The van der Waals surface area contributed by atoms with Gasteiger partial charge in [0.25, 0.3) is 0 Å². The van der Waals surface area contributed by atoms with Gasteiger partial charge in [-0.05, 0) is 19.4 Å². The molecule has 0 aromatic carbocycles. The highest BCUT2D eigenvalue weighted by Crippen LogP contribution is 2.14. The highest BCUT2D eigenvalue weighted by molar-refractivity contribution is 5.44. The second-order valence-corrected chi connectivity index (χ2v) is 5.02. The van der Waals surface area contributed by atoms with Crippen LogP contribution in [0.2, 0.25) is 0 Å². The normalized spacial score (nSPS) is 16.6. The van der Waals surface area contributed by atoms with Crippen molar-refractivity contribution < 1.29 is 0 Å². The zero-order valence-corrected chi connectivity index (χ0v) is 12.1. The van der Waals surface area contributed by atoms with Crippen molar-refractivity contribution in [2.75, 3.05) is 49.5 Å². The number of piperazine rings is 1. The van der Waals surface area contributed by atoms with E-state index in [0.717, 1.165) is 50.8 Å². The Hall–Kier alpha value is -1.36. The Labute approximate surface area is 116 Å². The van der Waals surface area contributed by atoms with Crippen LogP contribution in [0.25, 0.3) is 0 Å². The summed E-state index contributed by atoms with van der Waals surface area (Å²) >= 11 is 0. The second-order valence-electron chi connectivity index (χ2n) is 5.02. The van der Waals surface area contributed by atoms with E-state index >= 15 is 0 Å². The van der Waals surface area contributed by atoms with E-state index in [1.54, 1.807) is 6.20 Å². The first-order valence-corrected chi connectivity index (χ1v) is 7.36. The van der Waals surface area contributed by atoms with Crippen LogP contribution in [-0.2, 0) is 0 Å². The summed E-state index contributed by atoms with van der Waals surface area (Å²) in [7, 11) is 0. The Kier molecular flexibility index (Phi) is 5.39. The molecule has 0 bridgehead atoms. The van der Waals surface area contributed by atoms with Crippen molar-refractivity contribution in [1.82, 2.24) is 14.9 Å². The molecule has 2 heterocycles. The Morgan fingerprint density at radius 1 is 1.11 bits per heavy atom. The van der Waals surface area contributed by atoms with Gasteiger partial charge in [-0.3, -0.25) is 9.88 Å². The van der Waals surface area contributed by atoms with Crippen LogP contribution >= 0.6 is 0 Å². The van der Waals surface area contributed by atoms with E-state index in [2.05, 4.69) is 38.9 Å². The van der Waals surface area contributed by atoms with Crippen molar-refractivity contribution in [3.63, 3.8) is 0 Å². The van der Waals surface area contributed by atoms with E-state index in [0.29, 0.717) is 0 Å². The summed E-state index contributed by atoms with van der Waals surface area (Å²) in [6, 6.07) is 0. The Balaban J connectivity index is 1.91. The molecule has 1 aliphatic heterocycles. The topological polar surface area (TPSA) is 44.3 Å². The van der Waals surface area contributed by atoms with E-state index < -0.39 is 0 Å². The highest BCUT2D eigenvalue weighted by atomic mass is 15.3. The van der Waals surface area contributed by atoms with Crippen LogP contribution in [0.5, 0.6) is 0 Å². The molecule has 2 rings (SSSR count). The molecular formula is C14H25N5. The summed E-state index contributed by atoms with van der Waals surface area (Å²) in [5, 5.41) is 3.29. The van der Waals surface area contributed by atoms with Gasteiger partial charge in [-0.25, -0.2) is 4.98 Å². The largest absolute Gasteiger partial charge is 0.369 e. The van der Waals surface area contributed by atoms with Crippen LogP contribution < -0.4 is 10.2 Å². The predicted molar refractivity (Wildman–Crippen MR) is 79.8 cm³/mol. The summed E-state index contributed by atoms with van der Waals surface area (Å²) in [5.74, 6) is 1.88. The highest BCUT2D eigenvalue weighted by Gasteiger charge is 2.17. The molecule has 0 spiro atoms. The monoisotopic (exact) mass is 263 g/mol. The third-order valence-corrected chi connectivity index (χ3v) is 3.41. The molecule has 1 aromatic rings. The Morgan fingerprint density at radius 2 is 1.89 bits per heavy atom. The van der Waals surface area contributed by atoms with Crippen LogP contribution in [0.4, 0.5) is 11.6 Å². The molecule has 19 heavy (non-hydrogen) atoms. The number of rotatable bonds is 6. The molecule has 0 amide bonds. The summed E-state index contributed by atoms with van der Waals surface area (Å²) in [5.41, 5.74) is 0. The molecule has 1 fully saturated rings. The van der Waals surface area contributed by atoms with Crippen molar-refractivity contribution in [2.45, 2.75) is 26.7 Å². The fraction of sp³-hybridized carbons (Fsp3) is 0.714. The maximum absolute atomic E-state index is 4.64. The van der Waals surface area contributed by atoms with Crippen molar-refractivity contribution >= 4 is 11.6 Å². The zero-order valence-electron chi connectivity index (χ0n) is 12.1. The van der Waals surface area contributed by atoms with Gasteiger partial charge in [0.15, 0.2) is 0 Å². The molecule has 1 aromatic heterocycles. The lowest BCUT2D eigenvalue weighted by Crippen LogP contribution is -2.46. The lowest BCUT2D eigenvalue weighted by molar-refractivity contribution is 0.258. The number of nitrogens with one attached hydrogen (secondary N) is 1. The van der Waals surface area contributed by atoms with Crippen LogP contribution in [0.3, 0.4) is 0 Å². The molecule has 0 saturated carbocycles. The van der Waals surface area contributed by atoms with Crippen LogP contribution in [0.1, 0.15) is 26.7 Å². The van der Waals surface area contributed by atoms with E-state index in [-0.39, 0.29) is 0 Å². The van der Waals surface area contributed by atoms with Gasteiger partial charge in [0.05, 0.1) is 12.4 Å². The molecule has 0 aliphatic carbocycles. The van der Waals surface area contributed by atoms with Crippen molar-refractivity contribution in [3.05, 3.63) is 12.4 Å². The van der Waals surface area contributed by atoms with Crippen LogP contribution in [-0.4, -0.2) is 54.1 Å². The number of aromatic nitrogens is 2. The molecule has 1 saturated heterocycles. The first-order chi connectivity index (χ1) is 9.33. The molecule has 0 radical (unpaired) electrons. The lowest BCUT2D eigenvalue weighted by Gasteiger charge is -2.35. The fourth-order valence-electron chi connectivity index (χ4n) is 2.36. The summed E-state index contributed by atoms with van der Waals surface area (Å²) in [4.78, 5) is 13.8. The molecule has 1 N–H and O–H groups in total. The number of hydrogen-bond acceptors (Lipinski definition) is 5. The van der Waals surface area contributed by atoms with Gasteiger partial charge in [-0.2, -0.15) is 0 Å². The molecule has 0 atom stereocenters. The molecule has 0 unspecified atom stereocenters. The molecule has 5 nitrogen and oxygen atoms in total. The maximum atomic E-state index is 4.64. The van der Waals surface area contributed by atoms with Crippen molar-refractivity contribution in [2.24, 2.45) is 0 Å². The fourth-order valence-corrected chi connectivity index (χ4v) is 2.36. The second kappa shape index (κ2) is 7.28. The number of nitrogens with zero attached hydrogens (tertiary/aromatic N) is 4. The molecule has 106 valence electrons.